The van der Waals surface area contributed by atoms with Gasteiger partial charge in [0.1, 0.15) is 18.1 Å². The number of ketones is 1. The Kier molecular flexibility index (Phi) is 5.56. The van der Waals surface area contributed by atoms with Crippen molar-refractivity contribution in [1.29, 1.82) is 0 Å². The third-order valence-corrected chi connectivity index (χ3v) is 6.08. The third-order valence-electron chi connectivity index (χ3n) is 6.08. The number of esters is 1. The average molecular weight is 470 g/mol. The van der Waals surface area contributed by atoms with Crippen LogP contribution in [0.3, 0.4) is 0 Å². The number of ether oxygens (including phenoxy) is 2. The van der Waals surface area contributed by atoms with Gasteiger partial charge >= 0.3 is 11.9 Å². The first kappa shape index (κ1) is 22.3. The number of fused-ring (bicyclic) bond motifs is 5. The molecule has 1 aliphatic heterocycles. The minimum Gasteiger partial charge on any atom is -0.486 e. The van der Waals surface area contributed by atoms with E-state index >= 15 is 0 Å². The van der Waals surface area contributed by atoms with Gasteiger partial charge in [-0.25, -0.2) is 9.59 Å². The summed E-state index contributed by atoms with van der Waals surface area (Å²) in [5, 5.41) is 5.69. The number of carbonyl (C=O) groups excluding carboxylic acids is 3. The summed E-state index contributed by atoms with van der Waals surface area (Å²) in [6, 6.07) is 15.9. The quantitative estimate of drug-likeness (QED) is 0.185. The second-order valence-electron chi connectivity index (χ2n) is 8.12. The van der Waals surface area contributed by atoms with Crippen LogP contribution in [0.1, 0.15) is 45.7 Å². The molecule has 8 nitrogen and oxygen atoms in total. The van der Waals surface area contributed by atoms with Gasteiger partial charge in [0.2, 0.25) is 0 Å². The van der Waals surface area contributed by atoms with E-state index in [1.807, 2.05) is 24.3 Å². The molecular formula is C27H22N2O6. The van der Waals surface area contributed by atoms with Gasteiger partial charge in [-0.15, -0.1) is 0 Å². The topological polar surface area (TPSA) is 96.2 Å². The molecule has 0 bridgehead atoms. The summed E-state index contributed by atoms with van der Waals surface area (Å²) in [5.74, 6) is -0.468. The first-order valence-electron chi connectivity index (χ1n) is 11.1. The van der Waals surface area contributed by atoms with E-state index in [1.54, 1.807) is 30.3 Å². The highest BCUT2D eigenvalue weighted by Gasteiger charge is 2.26. The lowest BCUT2D eigenvalue weighted by Gasteiger charge is -2.05. The number of oxime groups is 1. The minimum atomic E-state index is -0.502. The van der Waals surface area contributed by atoms with E-state index < -0.39 is 11.9 Å². The van der Waals surface area contributed by atoms with E-state index in [0.717, 1.165) is 33.9 Å². The van der Waals surface area contributed by atoms with Crippen LogP contribution < -0.4 is 4.74 Å². The minimum absolute atomic E-state index is 0.161. The zero-order valence-electron chi connectivity index (χ0n) is 19.5. The molecule has 0 saturated carbocycles. The molecule has 3 aromatic carbocycles. The van der Waals surface area contributed by atoms with Crippen LogP contribution in [0, 0.1) is 0 Å². The summed E-state index contributed by atoms with van der Waals surface area (Å²) in [5.41, 5.74) is 4.60. The third kappa shape index (κ3) is 3.73. The van der Waals surface area contributed by atoms with Crippen molar-refractivity contribution in [2.75, 3.05) is 13.7 Å². The highest BCUT2D eigenvalue weighted by Crippen LogP contribution is 2.41. The molecule has 0 spiro atoms. The SMILES string of the molecule is CCn1c2ccc(C(=O)c3ccc(C(=O)OC)cc3)cc2c2c3c(ccc21)/C(=N/OC(C)=O)CO3. The average Bonchev–Trinajstić information content (AvgIpc) is 3.44. The van der Waals surface area contributed by atoms with Gasteiger partial charge in [-0.3, -0.25) is 4.79 Å². The number of aryl methyl sites for hydroxylation is 1. The van der Waals surface area contributed by atoms with E-state index in [2.05, 4.69) is 16.6 Å². The smallest absolute Gasteiger partial charge is 0.337 e. The number of rotatable bonds is 5. The molecule has 0 saturated heterocycles. The van der Waals surface area contributed by atoms with E-state index in [4.69, 9.17) is 14.3 Å². The van der Waals surface area contributed by atoms with Crippen LogP contribution in [0.2, 0.25) is 0 Å². The molecule has 8 heteroatoms. The molecule has 4 aromatic rings. The fraction of sp³-hybridized carbons (Fsp3) is 0.185. The van der Waals surface area contributed by atoms with Crippen molar-refractivity contribution in [3.05, 3.63) is 76.9 Å². The number of aromatic nitrogens is 1. The van der Waals surface area contributed by atoms with Gasteiger partial charge in [0.25, 0.3) is 0 Å². The number of carbonyl (C=O) groups is 3. The van der Waals surface area contributed by atoms with Crippen molar-refractivity contribution in [2.24, 2.45) is 5.16 Å². The zero-order valence-corrected chi connectivity index (χ0v) is 19.5. The summed E-state index contributed by atoms with van der Waals surface area (Å²) in [4.78, 5) is 41.0. The van der Waals surface area contributed by atoms with Crippen molar-refractivity contribution < 1.29 is 28.7 Å². The Morgan fingerprint density at radius 1 is 0.971 bits per heavy atom. The number of benzene rings is 3. The normalized spacial score (nSPS) is 13.6. The van der Waals surface area contributed by atoms with Gasteiger partial charge in [0.15, 0.2) is 5.78 Å². The number of methoxy groups -OCH3 is 1. The molecule has 0 atom stereocenters. The van der Waals surface area contributed by atoms with Crippen molar-refractivity contribution in [3.8, 4) is 5.75 Å². The Hall–Kier alpha value is -4.46. The molecule has 0 amide bonds. The van der Waals surface area contributed by atoms with Gasteiger partial charge in [0, 0.05) is 41.1 Å². The monoisotopic (exact) mass is 470 g/mol. The van der Waals surface area contributed by atoms with Gasteiger partial charge in [-0.05, 0) is 49.4 Å². The van der Waals surface area contributed by atoms with Gasteiger partial charge in [-0.1, -0.05) is 17.3 Å². The molecule has 0 aliphatic carbocycles. The van der Waals surface area contributed by atoms with Crippen LogP contribution in [0.15, 0.2) is 59.8 Å². The summed E-state index contributed by atoms with van der Waals surface area (Å²) in [7, 11) is 1.31. The summed E-state index contributed by atoms with van der Waals surface area (Å²) in [6.07, 6.45) is 0. The molecule has 0 radical (unpaired) electrons. The highest BCUT2D eigenvalue weighted by molar-refractivity contribution is 6.20. The number of hydrogen-bond donors (Lipinski definition) is 0. The molecule has 2 heterocycles. The summed E-state index contributed by atoms with van der Waals surface area (Å²) >= 11 is 0. The second-order valence-corrected chi connectivity index (χ2v) is 8.12. The van der Waals surface area contributed by atoms with Crippen molar-refractivity contribution >= 4 is 45.2 Å². The summed E-state index contributed by atoms with van der Waals surface area (Å²) < 4.78 is 12.9. The lowest BCUT2D eigenvalue weighted by atomic mass is 9.99. The van der Waals surface area contributed by atoms with Crippen LogP contribution in [0.4, 0.5) is 0 Å². The largest absolute Gasteiger partial charge is 0.486 e. The van der Waals surface area contributed by atoms with E-state index in [9.17, 15) is 14.4 Å². The van der Waals surface area contributed by atoms with E-state index in [1.165, 1.54) is 14.0 Å². The molecule has 0 N–H and O–H groups in total. The Labute approximate surface area is 200 Å². The predicted molar refractivity (Wildman–Crippen MR) is 130 cm³/mol. The van der Waals surface area contributed by atoms with E-state index in [0.29, 0.717) is 28.2 Å². The fourth-order valence-electron chi connectivity index (χ4n) is 4.47. The number of nitrogens with zero attached hydrogens (tertiary/aromatic N) is 2. The second kappa shape index (κ2) is 8.72. The molecule has 5 rings (SSSR count). The standard InChI is InChI=1S/C27H22N2O6/c1-4-29-22-11-9-18(25(31)16-5-7-17(8-6-16)27(32)33-3)13-20(22)24-23(29)12-10-19-21(14-34-26(19)24)28-35-15(2)30/h5-13H,4,14H2,1-3H3/b28-21+. The summed E-state index contributed by atoms with van der Waals surface area (Å²) in [6.45, 7) is 4.27. The molecule has 1 aliphatic rings. The van der Waals surface area contributed by atoms with Crippen LogP contribution in [-0.2, 0) is 20.9 Å². The fourth-order valence-corrected chi connectivity index (χ4v) is 4.47. The Morgan fingerprint density at radius 2 is 1.66 bits per heavy atom. The van der Waals surface area contributed by atoms with Crippen LogP contribution in [-0.4, -0.2) is 41.7 Å². The highest BCUT2D eigenvalue weighted by atomic mass is 16.7. The lowest BCUT2D eigenvalue weighted by Crippen LogP contribution is -2.05. The first-order chi connectivity index (χ1) is 16.9. The first-order valence-corrected chi connectivity index (χ1v) is 11.1. The van der Waals surface area contributed by atoms with E-state index in [-0.39, 0.29) is 12.4 Å². The maximum absolute atomic E-state index is 13.3. The molecule has 35 heavy (non-hydrogen) atoms. The van der Waals surface area contributed by atoms with Gasteiger partial charge < -0.3 is 18.9 Å². The van der Waals surface area contributed by atoms with Crippen LogP contribution >= 0.6 is 0 Å². The Bertz CT molecular complexity index is 1550. The van der Waals surface area contributed by atoms with Crippen LogP contribution in [0.5, 0.6) is 5.75 Å². The lowest BCUT2D eigenvalue weighted by molar-refractivity contribution is -0.140. The zero-order chi connectivity index (χ0) is 24.7. The van der Waals surface area contributed by atoms with Gasteiger partial charge in [0.05, 0.1) is 23.6 Å². The molecule has 0 fully saturated rings. The Morgan fingerprint density at radius 3 is 2.34 bits per heavy atom. The molecule has 176 valence electrons. The molecule has 1 aromatic heterocycles. The Balaban J connectivity index is 1.63. The maximum atomic E-state index is 13.3. The maximum Gasteiger partial charge on any atom is 0.337 e. The van der Waals surface area contributed by atoms with Crippen molar-refractivity contribution in [2.45, 2.75) is 20.4 Å². The molecule has 0 unspecified atom stereocenters. The van der Waals surface area contributed by atoms with Crippen LogP contribution in [0.25, 0.3) is 21.8 Å². The number of hydrogen-bond acceptors (Lipinski definition) is 7. The van der Waals surface area contributed by atoms with Gasteiger partial charge in [-0.2, -0.15) is 0 Å². The molecular weight excluding hydrogens is 448 g/mol. The predicted octanol–water partition coefficient (Wildman–Crippen LogP) is 4.49. The van der Waals surface area contributed by atoms with Crippen molar-refractivity contribution in [1.82, 2.24) is 4.57 Å². The van der Waals surface area contributed by atoms with Crippen molar-refractivity contribution in [3.63, 3.8) is 0 Å².